The lowest BCUT2D eigenvalue weighted by Gasteiger charge is -2.28. The molecular formula is C35H40BrN6O9P. The molecule has 17 heteroatoms. The zero-order valence-corrected chi connectivity index (χ0v) is 31.4. The fraction of sp³-hybridized carbons (Fsp3) is 0.371. The number of esters is 1. The highest BCUT2D eigenvalue weighted by Crippen LogP contribution is 2.49. The van der Waals surface area contributed by atoms with Gasteiger partial charge in [-0.3, -0.25) is 13.9 Å². The second kappa shape index (κ2) is 15.4. The number of aliphatic hydroxyl groups excluding tert-OH is 1. The molecule has 1 fully saturated rings. The molecule has 0 saturated carbocycles. The third-order valence-electron chi connectivity index (χ3n) is 8.75. The highest BCUT2D eigenvalue weighted by atomic mass is 79.9. The monoisotopic (exact) mass is 798 g/mol. The normalized spacial score (nSPS) is 22.0. The van der Waals surface area contributed by atoms with Crippen molar-refractivity contribution >= 4 is 57.5 Å². The first-order valence-corrected chi connectivity index (χ1v) is 18.8. The molecule has 3 heterocycles. The third-order valence-corrected chi connectivity index (χ3v) is 10.8. The molecule has 6 rings (SSSR count). The Labute approximate surface area is 308 Å². The van der Waals surface area contributed by atoms with Crippen molar-refractivity contribution in [3.8, 4) is 11.6 Å². The van der Waals surface area contributed by atoms with E-state index in [9.17, 15) is 19.6 Å². The largest absolute Gasteiger partial charge is 0.479 e. The lowest BCUT2D eigenvalue weighted by atomic mass is 9.96. The zero-order valence-electron chi connectivity index (χ0n) is 28.9. The van der Waals surface area contributed by atoms with Crippen molar-refractivity contribution in [1.82, 2.24) is 24.6 Å². The summed E-state index contributed by atoms with van der Waals surface area (Å²) in [7, 11) is -3.06. The highest BCUT2D eigenvalue weighted by Gasteiger charge is 2.54. The number of carbonyl (C=O) groups is 1. The number of hydrogen-bond donors (Lipinski definition) is 4. The van der Waals surface area contributed by atoms with Crippen molar-refractivity contribution in [3.63, 3.8) is 0 Å². The number of ether oxygens (including phenoxy) is 3. The van der Waals surface area contributed by atoms with Gasteiger partial charge in [0.1, 0.15) is 29.6 Å². The van der Waals surface area contributed by atoms with Crippen LogP contribution in [-0.2, 0) is 29.8 Å². The van der Waals surface area contributed by atoms with E-state index >= 15 is 0 Å². The highest BCUT2D eigenvalue weighted by molar-refractivity contribution is 9.10. The van der Waals surface area contributed by atoms with Crippen LogP contribution < -0.4 is 20.1 Å². The Morgan fingerprint density at radius 3 is 2.60 bits per heavy atom. The fourth-order valence-electron chi connectivity index (χ4n) is 5.92. The number of carbonyl (C=O) groups excluding carboxylic acids is 1. The van der Waals surface area contributed by atoms with Gasteiger partial charge in [0, 0.05) is 16.3 Å². The van der Waals surface area contributed by atoms with E-state index < -0.39 is 56.3 Å². The van der Waals surface area contributed by atoms with Gasteiger partial charge in [-0.25, -0.2) is 9.55 Å². The number of benzene rings is 3. The Hall–Kier alpha value is -4.15. The number of anilines is 1. The van der Waals surface area contributed by atoms with Crippen molar-refractivity contribution in [2.75, 3.05) is 26.1 Å². The Balaban J connectivity index is 1.25. The minimum Gasteiger partial charge on any atom is -0.479 e. The van der Waals surface area contributed by atoms with E-state index in [1.807, 2.05) is 48.5 Å². The molecular weight excluding hydrogens is 759 g/mol. The van der Waals surface area contributed by atoms with Crippen molar-refractivity contribution < 1.29 is 42.8 Å². The molecule has 0 amide bonds. The molecule has 52 heavy (non-hydrogen) atoms. The zero-order chi connectivity index (χ0) is 37.2. The predicted molar refractivity (Wildman–Crippen MR) is 196 cm³/mol. The maximum atomic E-state index is 14.8. The first kappa shape index (κ1) is 37.6. The van der Waals surface area contributed by atoms with Gasteiger partial charge >= 0.3 is 13.7 Å². The summed E-state index contributed by atoms with van der Waals surface area (Å²) in [4.78, 5) is 26.0. The summed E-state index contributed by atoms with van der Waals surface area (Å²) in [5.41, 5.74) is 5.38. The smallest absolute Gasteiger partial charge is 0.459 e. The average Bonchev–Trinajstić information content (AvgIpc) is 3.63. The van der Waals surface area contributed by atoms with Crippen LogP contribution in [0.25, 0.3) is 21.9 Å². The van der Waals surface area contributed by atoms with Gasteiger partial charge in [-0.1, -0.05) is 78.3 Å². The summed E-state index contributed by atoms with van der Waals surface area (Å²) in [6, 6.07) is 19.1. The molecule has 15 nitrogen and oxygen atoms in total. The number of aliphatic hydroxyl groups is 2. The van der Waals surface area contributed by atoms with Gasteiger partial charge in [0.15, 0.2) is 17.4 Å². The summed E-state index contributed by atoms with van der Waals surface area (Å²) in [5, 5.41) is 27.1. The molecule has 1 aliphatic rings. The minimum atomic E-state index is -4.46. The number of fused-ring (bicyclic) bond motifs is 2. The summed E-state index contributed by atoms with van der Waals surface area (Å²) in [6.07, 6.45) is -2.20. The predicted octanol–water partition coefficient (Wildman–Crippen LogP) is 4.95. The van der Waals surface area contributed by atoms with Crippen LogP contribution in [0, 0.1) is 5.92 Å². The van der Waals surface area contributed by atoms with Crippen LogP contribution >= 0.6 is 23.7 Å². The first-order valence-electron chi connectivity index (χ1n) is 16.5. The lowest BCUT2D eigenvalue weighted by molar-refractivity contribution is -0.146. The molecule has 6 atom stereocenters. The number of halogens is 1. The van der Waals surface area contributed by atoms with Crippen LogP contribution in [0.3, 0.4) is 0 Å². The molecule has 5 aromatic rings. The Bertz CT molecular complexity index is 2090. The lowest BCUT2D eigenvalue weighted by Crippen LogP contribution is -2.45. The molecule has 2 aromatic heterocycles. The second-order valence-corrected chi connectivity index (χ2v) is 15.5. The number of nitrogen functional groups attached to an aromatic ring is 1. The first-order chi connectivity index (χ1) is 24.8. The van der Waals surface area contributed by atoms with Gasteiger partial charge in [-0.2, -0.15) is 15.1 Å². The number of imidazole rings is 1. The van der Waals surface area contributed by atoms with E-state index in [-0.39, 0.29) is 35.3 Å². The van der Waals surface area contributed by atoms with E-state index in [1.165, 1.54) is 24.9 Å². The van der Waals surface area contributed by atoms with Crippen molar-refractivity contribution in [2.45, 2.75) is 57.3 Å². The standard InChI is InChI=1S/C35H40BrN6O9P/c1-20(2)27(32(44)48-17-16-21-12-14-23(36)15-13-21)41-52(46,51-25-11-7-9-22-8-5-6-10-24(22)25)49-18-26-29(43)35(3,45)33(50-26)42-19-38-28-30(42)39-34(37)40-31(28)47-4/h5-15,19-20,26-27,29,33,43,45H,16-18H2,1-4H3,(H,41,46)(H2,37,39,40)/t26-,27+,29-,33?,35-,52?/m1/s1. The number of nitrogens with one attached hydrogen (secondary N) is 1. The van der Waals surface area contributed by atoms with Crippen LogP contribution in [0.4, 0.5) is 5.95 Å². The SMILES string of the molecule is COc1nc(N)nc2c1ncn2C1O[C@H](COP(=O)(N[C@H](C(=O)OCCc2ccc(Br)cc2)C(C)C)Oc2cccc3ccccc23)[C@@H](O)[C@@]1(C)O. The topological polar surface area (TPSA) is 202 Å². The molecule has 1 saturated heterocycles. The van der Waals surface area contributed by atoms with Crippen LogP contribution in [-0.4, -0.2) is 79.9 Å². The number of nitrogens with two attached hydrogens (primary N) is 1. The molecule has 276 valence electrons. The minimum absolute atomic E-state index is 0.0880. The van der Waals surface area contributed by atoms with Crippen LogP contribution in [0.15, 0.2) is 77.5 Å². The molecule has 0 radical (unpaired) electrons. The number of rotatable bonds is 14. The van der Waals surface area contributed by atoms with Gasteiger partial charge in [0.2, 0.25) is 11.8 Å². The number of hydrogen-bond acceptors (Lipinski definition) is 13. The molecule has 1 aliphatic heterocycles. The molecule has 5 N–H and O–H groups in total. The van der Waals surface area contributed by atoms with Gasteiger partial charge in [0.25, 0.3) is 0 Å². The van der Waals surface area contributed by atoms with Crippen molar-refractivity contribution in [3.05, 3.63) is 83.1 Å². The summed E-state index contributed by atoms with van der Waals surface area (Å²) in [5.74, 6) is -0.820. The second-order valence-electron chi connectivity index (χ2n) is 12.9. The van der Waals surface area contributed by atoms with Crippen molar-refractivity contribution in [2.24, 2.45) is 5.92 Å². The maximum Gasteiger partial charge on any atom is 0.459 e. The molecule has 0 aliphatic carbocycles. The van der Waals surface area contributed by atoms with E-state index in [1.54, 1.807) is 32.0 Å². The van der Waals surface area contributed by atoms with Gasteiger partial charge in [-0.05, 0) is 42.0 Å². The maximum absolute atomic E-state index is 14.8. The fourth-order valence-corrected chi connectivity index (χ4v) is 7.87. The molecule has 3 aromatic carbocycles. The number of nitrogens with zero attached hydrogens (tertiary/aromatic N) is 4. The Kier molecular flexibility index (Phi) is 11.2. The van der Waals surface area contributed by atoms with E-state index in [4.69, 9.17) is 29.0 Å². The summed E-state index contributed by atoms with van der Waals surface area (Å²) >= 11 is 3.41. The Morgan fingerprint density at radius 1 is 1.13 bits per heavy atom. The molecule has 2 unspecified atom stereocenters. The number of aromatic nitrogens is 4. The van der Waals surface area contributed by atoms with Crippen LogP contribution in [0.2, 0.25) is 0 Å². The third kappa shape index (κ3) is 7.93. The van der Waals surface area contributed by atoms with E-state index in [0.717, 1.165) is 15.4 Å². The van der Waals surface area contributed by atoms with Gasteiger partial charge in [-0.15, -0.1) is 0 Å². The quantitative estimate of drug-likeness (QED) is 0.0869. The van der Waals surface area contributed by atoms with E-state index in [0.29, 0.717) is 11.8 Å². The molecule has 0 spiro atoms. The van der Waals surface area contributed by atoms with Crippen molar-refractivity contribution in [1.29, 1.82) is 0 Å². The summed E-state index contributed by atoms with van der Waals surface area (Å²) in [6.45, 7) is 4.47. The van der Waals surface area contributed by atoms with E-state index in [2.05, 4.69) is 36.0 Å². The summed E-state index contributed by atoms with van der Waals surface area (Å²) < 4.78 is 46.2. The average molecular weight is 800 g/mol. The van der Waals surface area contributed by atoms with Gasteiger partial charge in [0.05, 0.1) is 26.7 Å². The van der Waals surface area contributed by atoms with Crippen LogP contribution in [0.1, 0.15) is 32.6 Å². The van der Waals surface area contributed by atoms with Crippen LogP contribution in [0.5, 0.6) is 11.6 Å². The molecule has 0 bridgehead atoms. The Morgan fingerprint density at radius 2 is 1.87 bits per heavy atom. The van der Waals surface area contributed by atoms with Gasteiger partial charge < -0.3 is 34.7 Å². The number of methoxy groups -OCH3 is 1.